The van der Waals surface area contributed by atoms with E-state index in [0.29, 0.717) is 5.92 Å². The van der Waals surface area contributed by atoms with Gasteiger partial charge in [0.25, 0.3) is 0 Å². The van der Waals surface area contributed by atoms with Crippen LogP contribution in [0.1, 0.15) is 55.8 Å². The lowest BCUT2D eigenvalue weighted by Crippen LogP contribution is -2.36. The van der Waals surface area contributed by atoms with Gasteiger partial charge in [-0.05, 0) is 67.7 Å². The van der Waals surface area contributed by atoms with Crippen LogP contribution < -0.4 is 10.6 Å². The van der Waals surface area contributed by atoms with E-state index in [4.69, 9.17) is 4.98 Å². The third-order valence-electron chi connectivity index (χ3n) is 4.62. The summed E-state index contributed by atoms with van der Waals surface area (Å²) < 4.78 is 0. The molecule has 0 saturated heterocycles. The summed E-state index contributed by atoms with van der Waals surface area (Å²) in [5, 5.41) is 2.70. The molecule has 0 fully saturated rings. The molecule has 1 aromatic rings. The first kappa shape index (κ1) is 12.0. The van der Waals surface area contributed by atoms with Gasteiger partial charge in [0.15, 0.2) is 0 Å². The van der Waals surface area contributed by atoms with Crippen LogP contribution in [0.4, 0.5) is 0 Å². The maximum atomic E-state index is 4.99. The molecule has 0 spiro atoms. The molecule has 1 aromatic heterocycles. The van der Waals surface area contributed by atoms with Crippen LogP contribution in [0.25, 0.3) is 12.2 Å². The van der Waals surface area contributed by atoms with Crippen molar-refractivity contribution in [3.63, 3.8) is 0 Å². The van der Waals surface area contributed by atoms with E-state index in [1.54, 1.807) is 5.56 Å². The van der Waals surface area contributed by atoms with Crippen LogP contribution in [-0.2, 0) is 12.8 Å². The third-order valence-corrected chi connectivity index (χ3v) is 4.62. The highest BCUT2D eigenvalue weighted by molar-refractivity contribution is 5.44. The number of hydrogen-bond donors (Lipinski definition) is 0. The number of rotatable bonds is 1. The summed E-state index contributed by atoms with van der Waals surface area (Å²) in [6, 6.07) is 0. The fourth-order valence-electron chi connectivity index (χ4n) is 3.38. The molecule has 0 amide bonds. The number of nitrogens with zero attached hydrogens (tertiary/aromatic N) is 1. The first-order valence-corrected chi connectivity index (χ1v) is 7.50. The van der Waals surface area contributed by atoms with E-state index < -0.39 is 0 Å². The smallest absolute Gasteiger partial charge is 0.0668 e. The van der Waals surface area contributed by atoms with E-state index in [1.165, 1.54) is 66.8 Å². The first-order valence-electron chi connectivity index (χ1n) is 7.50. The molecule has 0 aromatic carbocycles. The SMILES string of the molecule is CCC1C=c2nc3c(c(C)c2=CC1)CCCCC3. The predicted molar refractivity (Wildman–Crippen MR) is 76.8 cm³/mol. The van der Waals surface area contributed by atoms with Gasteiger partial charge in [0.05, 0.1) is 5.35 Å². The molecule has 0 radical (unpaired) electrons. The van der Waals surface area contributed by atoms with Crippen molar-refractivity contribution < 1.29 is 0 Å². The fraction of sp³-hybridized carbons (Fsp3) is 0.588. The number of hydrogen-bond acceptors (Lipinski definition) is 1. The summed E-state index contributed by atoms with van der Waals surface area (Å²) in [5.74, 6) is 0.702. The zero-order valence-corrected chi connectivity index (χ0v) is 11.6. The minimum absolute atomic E-state index is 0.702. The fourth-order valence-corrected chi connectivity index (χ4v) is 3.38. The minimum atomic E-state index is 0.702. The monoisotopic (exact) mass is 241 g/mol. The van der Waals surface area contributed by atoms with Gasteiger partial charge in [0.1, 0.15) is 0 Å². The molecule has 1 heteroatoms. The highest BCUT2D eigenvalue weighted by atomic mass is 14.7. The van der Waals surface area contributed by atoms with Crippen molar-refractivity contribution in [1.82, 2.24) is 4.98 Å². The lowest BCUT2D eigenvalue weighted by atomic mass is 9.93. The topological polar surface area (TPSA) is 12.9 Å². The highest BCUT2D eigenvalue weighted by Crippen LogP contribution is 2.20. The van der Waals surface area contributed by atoms with E-state index in [0.717, 1.165) is 0 Å². The Balaban J connectivity index is 2.20. The van der Waals surface area contributed by atoms with Crippen molar-refractivity contribution >= 4 is 12.2 Å². The summed E-state index contributed by atoms with van der Waals surface area (Å²) in [6.45, 7) is 4.58. The Morgan fingerprint density at radius 1 is 1.22 bits per heavy atom. The Labute approximate surface area is 110 Å². The van der Waals surface area contributed by atoms with E-state index in [-0.39, 0.29) is 0 Å². The van der Waals surface area contributed by atoms with E-state index >= 15 is 0 Å². The van der Waals surface area contributed by atoms with Crippen LogP contribution in [-0.4, -0.2) is 4.98 Å². The largest absolute Gasteiger partial charge is 0.253 e. The zero-order chi connectivity index (χ0) is 12.5. The van der Waals surface area contributed by atoms with Crippen molar-refractivity contribution in [3.8, 4) is 0 Å². The average molecular weight is 241 g/mol. The number of fused-ring (bicyclic) bond motifs is 2. The molecule has 0 aliphatic heterocycles. The molecule has 2 aliphatic rings. The lowest BCUT2D eigenvalue weighted by molar-refractivity contribution is 0.677. The maximum Gasteiger partial charge on any atom is 0.0668 e. The summed E-state index contributed by atoms with van der Waals surface area (Å²) in [5.41, 5.74) is 4.47. The Hall–Kier alpha value is -1.11. The van der Waals surface area contributed by atoms with Crippen molar-refractivity contribution in [2.75, 3.05) is 0 Å². The summed E-state index contributed by atoms with van der Waals surface area (Å²) >= 11 is 0. The Kier molecular flexibility index (Phi) is 3.23. The molecule has 1 atom stereocenters. The second-order valence-corrected chi connectivity index (χ2v) is 5.80. The van der Waals surface area contributed by atoms with Crippen LogP contribution in [0.2, 0.25) is 0 Å². The van der Waals surface area contributed by atoms with Gasteiger partial charge in [-0.15, -0.1) is 0 Å². The second kappa shape index (κ2) is 4.87. The van der Waals surface area contributed by atoms with E-state index in [2.05, 4.69) is 26.0 Å². The van der Waals surface area contributed by atoms with Crippen LogP contribution in [0.5, 0.6) is 0 Å². The van der Waals surface area contributed by atoms with Crippen molar-refractivity contribution in [2.24, 2.45) is 5.92 Å². The maximum absolute atomic E-state index is 4.99. The van der Waals surface area contributed by atoms with Crippen LogP contribution in [0.15, 0.2) is 0 Å². The summed E-state index contributed by atoms with van der Waals surface area (Å²) in [4.78, 5) is 4.99. The molecule has 1 heterocycles. The summed E-state index contributed by atoms with van der Waals surface area (Å²) in [6.07, 6.45) is 13.7. The highest BCUT2D eigenvalue weighted by Gasteiger charge is 2.15. The Bertz CT molecular complexity index is 568. The Morgan fingerprint density at radius 2 is 2.06 bits per heavy atom. The number of aromatic nitrogens is 1. The average Bonchev–Trinajstić information content (AvgIpc) is 2.63. The van der Waals surface area contributed by atoms with Crippen molar-refractivity contribution in [3.05, 3.63) is 27.4 Å². The number of pyridine rings is 1. The van der Waals surface area contributed by atoms with E-state index in [9.17, 15) is 0 Å². The van der Waals surface area contributed by atoms with Gasteiger partial charge in [-0.1, -0.05) is 25.5 Å². The van der Waals surface area contributed by atoms with Crippen molar-refractivity contribution in [1.29, 1.82) is 0 Å². The van der Waals surface area contributed by atoms with Gasteiger partial charge < -0.3 is 0 Å². The summed E-state index contributed by atoms with van der Waals surface area (Å²) in [7, 11) is 0. The molecule has 0 N–H and O–H groups in total. The van der Waals surface area contributed by atoms with Crippen LogP contribution in [0, 0.1) is 12.8 Å². The molecule has 1 unspecified atom stereocenters. The van der Waals surface area contributed by atoms with Crippen molar-refractivity contribution in [2.45, 2.75) is 58.8 Å². The van der Waals surface area contributed by atoms with Gasteiger partial charge in [-0.3, -0.25) is 4.98 Å². The van der Waals surface area contributed by atoms with Crippen LogP contribution in [0.3, 0.4) is 0 Å². The number of aryl methyl sites for hydroxylation is 1. The normalized spacial score (nSPS) is 22.2. The van der Waals surface area contributed by atoms with Crippen LogP contribution >= 0.6 is 0 Å². The van der Waals surface area contributed by atoms with E-state index in [1.807, 2.05) is 0 Å². The molecule has 1 nitrogen and oxygen atoms in total. The quantitative estimate of drug-likeness (QED) is 0.689. The molecule has 96 valence electrons. The minimum Gasteiger partial charge on any atom is -0.253 e. The van der Waals surface area contributed by atoms with Gasteiger partial charge in [0.2, 0.25) is 0 Å². The van der Waals surface area contributed by atoms with Gasteiger partial charge in [0, 0.05) is 5.69 Å². The standard InChI is InChI=1S/C17H23N/c1-3-13-9-10-15-12(2)14-7-5-4-6-8-16(14)18-17(15)11-13/h10-11,13H,3-9H2,1-2H3. The molecule has 18 heavy (non-hydrogen) atoms. The first-order chi connectivity index (χ1) is 8.79. The molecule has 0 saturated carbocycles. The van der Waals surface area contributed by atoms with Gasteiger partial charge in [-0.25, -0.2) is 0 Å². The predicted octanol–water partition coefficient (Wildman–Crippen LogP) is 2.65. The molecule has 2 aliphatic carbocycles. The zero-order valence-electron chi connectivity index (χ0n) is 11.6. The molecule has 0 bridgehead atoms. The molecular formula is C17H23N. The second-order valence-electron chi connectivity index (χ2n) is 5.80. The third kappa shape index (κ3) is 2.00. The van der Waals surface area contributed by atoms with Gasteiger partial charge in [-0.2, -0.15) is 0 Å². The molecular weight excluding hydrogens is 218 g/mol. The van der Waals surface area contributed by atoms with Gasteiger partial charge >= 0.3 is 0 Å². The Morgan fingerprint density at radius 3 is 2.89 bits per heavy atom. The lowest BCUT2D eigenvalue weighted by Gasteiger charge is -2.16. The molecule has 3 rings (SSSR count).